The Morgan fingerprint density at radius 3 is 2.38 bits per heavy atom. The number of pyridine rings is 1. The molecule has 34 heavy (non-hydrogen) atoms. The summed E-state index contributed by atoms with van der Waals surface area (Å²) in [7, 11) is 0. The molecule has 0 atom stereocenters. The summed E-state index contributed by atoms with van der Waals surface area (Å²) in [5, 5.41) is 0. The first-order valence-corrected chi connectivity index (χ1v) is 11.5. The van der Waals surface area contributed by atoms with Crippen LogP contribution in [-0.2, 0) is 17.6 Å². The molecular formula is C28H26N4O2. The van der Waals surface area contributed by atoms with Gasteiger partial charge < -0.3 is 9.64 Å². The van der Waals surface area contributed by atoms with E-state index in [1.807, 2.05) is 30.3 Å². The van der Waals surface area contributed by atoms with Gasteiger partial charge in [-0.1, -0.05) is 36.4 Å². The highest BCUT2D eigenvalue weighted by molar-refractivity contribution is 5.97. The molecule has 5 rings (SSSR count). The SMILES string of the molecule is O=C(Cc1ccc(-c2ccnc(Cc3ccc(N4CCOCC4)cc3)n2)cc1)c1cccnc1. The zero-order valence-electron chi connectivity index (χ0n) is 18.9. The third-order valence-corrected chi connectivity index (χ3v) is 5.98. The van der Waals surface area contributed by atoms with Crippen LogP contribution in [-0.4, -0.2) is 47.0 Å². The average molecular weight is 451 g/mol. The van der Waals surface area contributed by atoms with Crippen LogP contribution in [0.25, 0.3) is 11.3 Å². The first-order valence-electron chi connectivity index (χ1n) is 11.5. The largest absolute Gasteiger partial charge is 0.378 e. The van der Waals surface area contributed by atoms with E-state index >= 15 is 0 Å². The van der Waals surface area contributed by atoms with E-state index in [2.05, 4.69) is 39.1 Å². The summed E-state index contributed by atoms with van der Waals surface area (Å²) in [6.45, 7) is 3.43. The van der Waals surface area contributed by atoms with Crippen molar-refractivity contribution < 1.29 is 9.53 Å². The van der Waals surface area contributed by atoms with Crippen molar-refractivity contribution in [3.63, 3.8) is 0 Å². The van der Waals surface area contributed by atoms with E-state index in [9.17, 15) is 4.79 Å². The smallest absolute Gasteiger partial charge is 0.168 e. The number of rotatable bonds is 7. The van der Waals surface area contributed by atoms with E-state index in [1.54, 1.807) is 30.7 Å². The van der Waals surface area contributed by atoms with Crippen molar-refractivity contribution in [1.29, 1.82) is 0 Å². The van der Waals surface area contributed by atoms with Gasteiger partial charge in [-0.3, -0.25) is 9.78 Å². The van der Waals surface area contributed by atoms with Crippen LogP contribution in [0.1, 0.15) is 27.3 Å². The fraction of sp³-hybridized carbons (Fsp3) is 0.214. The second-order valence-electron chi connectivity index (χ2n) is 8.34. The molecule has 4 aromatic rings. The molecule has 0 N–H and O–H groups in total. The van der Waals surface area contributed by atoms with Gasteiger partial charge in [0.1, 0.15) is 5.82 Å². The molecule has 2 aromatic heterocycles. The summed E-state index contributed by atoms with van der Waals surface area (Å²) >= 11 is 0. The molecule has 1 aliphatic heterocycles. The molecule has 0 aliphatic carbocycles. The third kappa shape index (κ3) is 5.35. The van der Waals surface area contributed by atoms with Gasteiger partial charge in [-0.05, 0) is 41.5 Å². The number of ether oxygens (including phenoxy) is 1. The van der Waals surface area contributed by atoms with Crippen molar-refractivity contribution in [3.05, 3.63) is 108 Å². The predicted molar refractivity (Wildman–Crippen MR) is 132 cm³/mol. The molecule has 0 amide bonds. The number of carbonyl (C=O) groups is 1. The average Bonchev–Trinajstić information content (AvgIpc) is 2.91. The lowest BCUT2D eigenvalue weighted by atomic mass is 10.0. The fourth-order valence-electron chi connectivity index (χ4n) is 4.08. The number of Topliss-reactive ketones (excluding diaryl/α,β-unsaturated/α-hetero) is 1. The summed E-state index contributed by atoms with van der Waals surface area (Å²) in [5.41, 5.74) is 5.88. The standard InChI is InChI=1S/C28H26N4O2/c33-27(24-2-1-12-29-20-24)18-21-3-7-23(8-4-21)26-11-13-30-28(31-26)19-22-5-9-25(10-6-22)32-14-16-34-17-15-32/h1-13,20H,14-19H2. The van der Waals surface area contributed by atoms with E-state index in [0.29, 0.717) is 18.4 Å². The summed E-state index contributed by atoms with van der Waals surface area (Å²) in [6, 6.07) is 22.1. The highest BCUT2D eigenvalue weighted by Gasteiger charge is 2.12. The Morgan fingerprint density at radius 2 is 1.65 bits per heavy atom. The maximum Gasteiger partial charge on any atom is 0.168 e. The predicted octanol–water partition coefficient (Wildman–Crippen LogP) is 4.39. The highest BCUT2D eigenvalue weighted by atomic mass is 16.5. The zero-order valence-corrected chi connectivity index (χ0v) is 18.9. The minimum Gasteiger partial charge on any atom is -0.378 e. The lowest BCUT2D eigenvalue weighted by Gasteiger charge is -2.28. The molecule has 1 aliphatic rings. The quantitative estimate of drug-likeness (QED) is 0.389. The summed E-state index contributed by atoms with van der Waals surface area (Å²) in [6.07, 6.45) is 6.10. The number of morpholine rings is 1. The molecule has 170 valence electrons. The molecule has 0 spiro atoms. The first-order chi connectivity index (χ1) is 16.7. The molecule has 0 unspecified atom stereocenters. The molecule has 0 saturated carbocycles. The van der Waals surface area contributed by atoms with Crippen LogP contribution in [0.4, 0.5) is 5.69 Å². The van der Waals surface area contributed by atoms with Gasteiger partial charge in [0.15, 0.2) is 5.78 Å². The zero-order chi connectivity index (χ0) is 23.2. The van der Waals surface area contributed by atoms with Crippen LogP contribution in [0.3, 0.4) is 0 Å². The van der Waals surface area contributed by atoms with E-state index in [0.717, 1.165) is 48.9 Å². The Hall–Kier alpha value is -3.90. The summed E-state index contributed by atoms with van der Waals surface area (Å²) in [4.78, 5) is 28.0. The van der Waals surface area contributed by atoms with Gasteiger partial charge in [0, 0.05) is 61.3 Å². The molecule has 1 saturated heterocycles. The Balaban J connectivity index is 1.24. The topological polar surface area (TPSA) is 68.2 Å². The molecule has 3 heterocycles. The summed E-state index contributed by atoms with van der Waals surface area (Å²) < 4.78 is 5.44. The minimum atomic E-state index is 0.0600. The second kappa shape index (κ2) is 10.4. The lowest BCUT2D eigenvalue weighted by molar-refractivity contribution is 0.0992. The number of carbonyl (C=O) groups excluding carboxylic acids is 1. The number of anilines is 1. The van der Waals surface area contributed by atoms with Crippen molar-refractivity contribution >= 4 is 11.5 Å². The fourth-order valence-corrected chi connectivity index (χ4v) is 4.08. The molecule has 0 bridgehead atoms. The normalized spacial score (nSPS) is 13.6. The van der Waals surface area contributed by atoms with Crippen LogP contribution in [0.15, 0.2) is 85.3 Å². The maximum absolute atomic E-state index is 12.4. The molecular weight excluding hydrogens is 424 g/mol. The Kier molecular flexibility index (Phi) is 6.68. The van der Waals surface area contributed by atoms with Crippen molar-refractivity contribution in [3.8, 4) is 11.3 Å². The van der Waals surface area contributed by atoms with Gasteiger partial charge in [-0.15, -0.1) is 0 Å². The number of nitrogens with zero attached hydrogens (tertiary/aromatic N) is 4. The third-order valence-electron chi connectivity index (χ3n) is 5.98. The van der Waals surface area contributed by atoms with Crippen LogP contribution in [0.5, 0.6) is 0 Å². The molecule has 1 fully saturated rings. The maximum atomic E-state index is 12.4. The van der Waals surface area contributed by atoms with Crippen molar-refractivity contribution in [2.75, 3.05) is 31.2 Å². The van der Waals surface area contributed by atoms with Gasteiger partial charge in [0.25, 0.3) is 0 Å². The number of hydrogen-bond acceptors (Lipinski definition) is 6. The van der Waals surface area contributed by atoms with Crippen molar-refractivity contribution in [2.24, 2.45) is 0 Å². The summed E-state index contributed by atoms with van der Waals surface area (Å²) in [5.74, 6) is 0.845. The van der Waals surface area contributed by atoms with Crippen LogP contribution in [0, 0.1) is 0 Å². The number of benzene rings is 2. The Labute approximate surface area is 199 Å². The van der Waals surface area contributed by atoms with E-state index in [-0.39, 0.29) is 5.78 Å². The number of ketones is 1. The van der Waals surface area contributed by atoms with Crippen LogP contribution >= 0.6 is 0 Å². The van der Waals surface area contributed by atoms with E-state index in [1.165, 1.54) is 11.3 Å². The van der Waals surface area contributed by atoms with E-state index in [4.69, 9.17) is 9.72 Å². The van der Waals surface area contributed by atoms with Gasteiger partial charge >= 0.3 is 0 Å². The van der Waals surface area contributed by atoms with Gasteiger partial charge in [-0.2, -0.15) is 0 Å². The van der Waals surface area contributed by atoms with Gasteiger partial charge in [0.2, 0.25) is 0 Å². The monoisotopic (exact) mass is 450 g/mol. The minimum absolute atomic E-state index is 0.0600. The number of hydrogen-bond donors (Lipinski definition) is 0. The second-order valence-corrected chi connectivity index (χ2v) is 8.34. The van der Waals surface area contributed by atoms with E-state index < -0.39 is 0 Å². The lowest BCUT2D eigenvalue weighted by Crippen LogP contribution is -2.36. The molecule has 2 aromatic carbocycles. The first kappa shape index (κ1) is 21.9. The Bertz CT molecular complexity index is 1240. The van der Waals surface area contributed by atoms with Gasteiger partial charge in [-0.25, -0.2) is 9.97 Å². The van der Waals surface area contributed by atoms with Crippen molar-refractivity contribution in [1.82, 2.24) is 15.0 Å². The number of aromatic nitrogens is 3. The van der Waals surface area contributed by atoms with Crippen molar-refractivity contribution in [2.45, 2.75) is 12.8 Å². The van der Waals surface area contributed by atoms with Gasteiger partial charge in [0.05, 0.1) is 18.9 Å². The molecule has 6 heteroatoms. The molecule has 6 nitrogen and oxygen atoms in total. The Morgan fingerprint density at radius 1 is 0.882 bits per heavy atom. The molecule has 0 radical (unpaired) electrons. The van der Waals surface area contributed by atoms with Crippen LogP contribution < -0.4 is 4.90 Å². The van der Waals surface area contributed by atoms with Crippen LogP contribution in [0.2, 0.25) is 0 Å². The highest BCUT2D eigenvalue weighted by Crippen LogP contribution is 2.21.